The minimum atomic E-state index is -0.979. The summed E-state index contributed by atoms with van der Waals surface area (Å²) in [7, 11) is 1.54. The number of ether oxygens (including phenoxy) is 2. The molecule has 1 saturated heterocycles. The van der Waals surface area contributed by atoms with Gasteiger partial charge in [0.1, 0.15) is 11.7 Å². The van der Waals surface area contributed by atoms with Gasteiger partial charge in [-0.3, -0.25) is 4.90 Å². The third kappa shape index (κ3) is 4.36. The van der Waals surface area contributed by atoms with Gasteiger partial charge in [-0.2, -0.15) is 0 Å². The normalized spacial score (nSPS) is 19.9. The third-order valence-corrected chi connectivity index (χ3v) is 5.86. The largest absolute Gasteiger partial charge is 0.482 e. The molecule has 0 radical (unpaired) electrons. The molecule has 4 rings (SSSR count). The van der Waals surface area contributed by atoms with Gasteiger partial charge in [0.25, 0.3) is 0 Å². The first kappa shape index (κ1) is 21.2. The molecule has 0 aliphatic carbocycles. The molecule has 0 bridgehead atoms. The zero-order chi connectivity index (χ0) is 21.8. The molecule has 0 aromatic heterocycles. The number of benzene rings is 2. The number of aliphatic carboxylic acids is 1. The number of rotatable bonds is 6. The Morgan fingerprint density at radius 3 is 2.45 bits per heavy atom. The first-order valence-corrected chi connectivity index (χ1v) is 10.5. The Hall–Kier alpha value is -3.09. The van der Waals surface area contributed by atoms with E-state index in [2.05, 4.69) is 34.1 Å². The minimum Gasteiger partial charge on any atom is -0.482 e. The van der Waals surface area contributed by atoms with E-state index in [9.17, 15) is 9.90 Å². The van der Waals surface area contributed by atoms with Crippen LogP contribution in [0.5, 0.6) is 0 Å². The summed E-state index contributed by atoms with van der Waals surface area (Å²) in [5.41, 5.74) is 4.30. The molecule has 2 aliphatic heterocycles. The average Bonchev–Trinajstić information content (AvgIpc) is 2.80. The topological polar surface area (TPSA) is 62.2 Å². The Balaban J connectivity index is 1.77. The summed E-state index contributed by atoms with van der Waals surface area (Å²) in [6.45, 7) is 5.25. The van der Waals surface area contributed by atoms with Crippen LogP contribution in [0.25, 0.3) is 11.1 Å². The SMILES string of the molecule is COC1=C(C(=O)O)C(C)=CC(N2CCOCC2)N1Cc1ccccc1-c1ccccc1. The lowest BCUT2D eigenvalue weighted by atomic mass is 9.97. The lowest BCUT2D eigenvalue weighted by molar-refractivity contribution is -0.133. The van der Waals surface area contributed by atoms with E-state index in [1.54, 1.807) is 7.11 Å². The second kappa shape index (κ2) is 9.37. The molecule has 0 amide bonds. The van der Waals surface area contributed by atoms with Crippen LogP contribution in [0.4, 0.5) is 0 Å². The monoisotopic (exact) mass is 420 g/mol. The molecule has 1 unspecified atom stereocenters. The van der Waals surface area contributed by atoms with Crippen LogP contribution in [-0.2, 0) is 20.8 Å². The summed E-state index contributed by atoms with van der Waals surface area (Å²) in [5, 5.41) is 9.88. The van der Waals surface area contributed by atoms with E-state index < -0.39 is 5.97 Å². The van der Waals surface area contributed by atoms with Gasteiger partial charge in [0.05, 0.1) is 20.3 Å². The zero-order valence-corrected chi connectivity index (χ0v) is 18.0. The van der Waals surface area contributed by atoms with Crippen LogP contribution < -0.4 is 0 Å². The average molecular weight is 421 g/mol. The number of nitrogens with zero attached hydrogens (tertiary/aromatic N) is 2. The maximum atomic E-state index is 12.1. The number of hydrogen-bond acceptors (Lipinski definition) is 5. The Kier molecular flexibility index (Phi) is 6.39. The van der Waals surface area contributed by atoms with Gasteiger partial charge in [0.2, 0.25) is 5.88 Å². The zero-order valence-electron chi connectivity index (χ0n) is 18.0. The van der Waals surface area contributed by atoms with Crippen molar-refractivity contribution in [2.75, 3.05) is 33.4 Å². The summed E-state index contributed by atoms with van der Waals surface area (Å²) in [5.74, 6) is -0.584. The van der Waals surface area contributed by atoms with E-state index in [0.717, 1.165) is 29.8 Å². The predicted octanol–water partition coefficient (Wildman–Crippen LogP) is 3.72. The molecule has 0 saturated carbocycles. The molecule has 0 spiro atoms. The Morgan fingerprint density at radius 2 is 1.77 bits per heavy atom. The van der Waals surface area contributed by atoms with Gasteiger partial charge in [-0.25, -0.2) is 4.79 Å². The standard InChI is InChI=1S/C25H28N2O4/c1-18-16-22(26-12-14-31-15-13-26)27(24(30-2)23(18)25(28)29)17-20-10-6-7-11-21(20)19-8-4-3-5-9-19/h3-11,16,22H,12-15,17H2,1-2H3,(H,28,29). The van der Waals surface area contributed by atoms with Gasteiger partial charge in [-0.15, -0.1) is 0 Å². The summed E-state index contributed by atoms with van der Waals surface area (Å²) >= 11 is 0. The van der Waals surface area contributed by atoms with Crippen molar-refractivity contribution in [1.29, 1.82) is 0 Å². The van der Waals surface area contributed by atoms with Crippen molar-refractivity contribution in [3.05, 3.63) is 83.3 Å². The number of carbonyl (C=O) groups is 1. The van der Waals surface area contributed by atoms with Crippen molar-refractivity contribution < 1.29 is 19.4 Å². The smallest absolute Gasteiger partial charge is 0.341 e. The first-order valence-electron chi connectivity index (χ1n) is 10.5. The fourth-order valence-electron chi connectivity index (χ4n) is 4.36. The van der Waals surface area contributed by atoms with E-state index >= 15 is 0 Å². The molecule has 2 aromatic rings. The minimum absolute atomic E-state index is 0.106. The summed E-state index contributed by atoms with van der Waals surface area (Å²) in [6, 6.07) is 18.5. The number of morpholine rings is 1. The molecule has 6 nitrogen and oxygen atoms in total. The third-order valence-electron chi connectivity index (χ3n) is 5.86. The van der Waals surface area contributed by atoms with Crippen LogP contribution in [0, 0.1) is 0 Å². The molecular formula is C25H28N2O4. The molecule has 2 aliphatic rings. The predicted molar refractivity (Wildman–Crippen MR) is 119 cm³/mol. The van der Waals surface area contributed by atoms with E-state index in [1.807, 2.05) is 43.3 Å². The second-order valence-electron chi connectivity index (χ2n) is 7.75. The fraction of sp³-hybridized carbons (Fsp3) is 0.320. The van der Waals surface area contributed by atoms with Crippen LogP contribution in [0.1, 0.15) is 12.5 Å². The second-order valence-corrected chi connectivity index (χ2v) is 7.75. The van der Waals surface area contributed by atoms with Crippen LogP contribution >= 0.6 is 0 Å². The number of hydrogen-bond donors (Lipinski definition) is 1. The molecule has 162 valence electrons. The van der Waals surface area contributed by atoms with E-state index in [1.165, 1.54) is 0 Å². The molecular weight excluding hydrogens is 392 g/mol. The van der Waals surface area contributed by atoms with Crippen LogP contribution in [0.2, 0.25) is 0 Å². The summed E-state index contributed by atoms with van der Waals surface area (Å²) in [4.78, 5) is 16.4. The molecule has 1 N–H and O–H groups in total. The van der Waals surface area contributed by atoms with Gasteiger partial charge in [-0.05, 0) is 35.3 Å². The van der Waals surface area contributed by atoms with Crippen molar-refractivity contribution in [3.8, 4) is 11.1 Å². The molecule has 6 heteroatoms. The van der Waals surface area contributed by atoms with Gasteiger partial charge in [-0.1, -0.05) is 54.6 Å². The molecule has 1 atom stereocenters. The fourth-order valence-corrected chi connectivity index (χ4v) is 4.36. The van der Waals surface area contributed by atoms with Crippen molar-refractivity contribution in [3.63, 3.8) is 0 Å². The highest BCUT2D eigenvalue weighted by atomic mass is 16.5. The van der Waals surface area contributed by atoms with E-state index in [4.69, 9.17) is 9.47 Å². The maximum absolute atomic E-state index is 12.1. The van der Waals surface area contributed by atoms with E-state index in [0.29, 0.717) is 31.2 Å². The van der Waals surface area contributed by atoms with Crippen LogP contribution in [-0.4, -0.2) is 60.5 Å². The highest BCUT2D eigenvalue weighted by Gasteiger charge is 2.35. The van der Waals surface area contributed by atoms with Gasteiger partial charge in [0.15, 0.2) is 0 Å². The maximum Gasteiger partial charge on any atom is 0.341 e. The van der Waals surface area contributed by atoms with Gasteiger partial charge in [0, 0.05) is 19.6 Å². The lowest BCUT2D eigenvalue weighted by Gasteiger charge is -2.44. The number of methoxy groups -OCH3 is 1. The van der Waals surface area contributed by atoms with Crippen molar-refractivity contribution in [2.24, 2.45) is 0 Å². The van der Waals surface area contributed by atoms with E-state index in [-0.39, 0.29) is 11.7 Å². The Morgan fingerprint density at radius 1 is 1.10 bits per heavy atom. The van der Waals surface area contributed by atoms with Crippen LogP contribution in [0.3, 0.4) is 0 Å². The molecule has 2 heterocycles. The van der Waals surface area contributed by atoms with Crippen LogP contribution in [0.15, 0.2) is 77.7 Å². The van der Waals surface area contributed by atoms with Crippen molar-refractivity contribution >= 4 is 5.97 Å². The molecule has 31 heavy (non-hydrogen) atoms. The lowest BCUT2D eigenvalue weighted by Crippen LogP contribution is -2.52. The number of carboxylic acid groups (broad SMARTS) is 1. The Bertz CT molecular complexity index is 994. The number of carboxylic acids is 1. The summed E-state index contributed by atoms with van der Waals surface area (Å²) < 4.78 is 11.3. The summed E-state index contributed by atoms with van der Waals surface area (Å²) in [6.07, 6.45) is 1.92. The highest BCUT2D eigenvalue weighted by molar-refractivity contribution is 5.92. The molecule has 1 fully saturated rings. The van der Waals surface area contributed by atoms with Crippen molar-refractivity contribution in [2.45, 2.75) is 19.6 Å². The van der Waals surface area contributed by atoms with Gasteiger partial charge < -0.3 is 19.5 Å². The Labute approximate surface area is 183 Å². The van der Waals surface area contributed by atoms with Crippen molar-refractivity contribution in [1.82, 2.24) is 9.80 Å². The molecule has 2 aromatic carbocycles. The quantitative estimate of drug-likeness (QED) is 0.769. The highest BCUT2D eigenvalue weighted by Crippen LogP contribution is 2.33. The van der Waals surface area contributed by atoms with Gasteiger partial charge >= 0.3 is 5.97 Å². The first-order chi connectivity index (χ1) is 15.1.